The minimum atomic E-state index is 0. The summed E-state index contributed by atoms with van der Waals surface area (Å²) < 4.78 is 21.1. The van der Waals surface area contributed by atoms with Gasteiger partial charge in [0.05, 0.1) is 39.6 Å². The molecule has 0 bridgehead atoms. The first-order valence-electron chi connectivity index (χ1n) is 6.42. The summed E-state index contributed by atoms with van der Waals surface area (Å²) in [5.74, 6) is 0. The minimum absolute atomic E-state index is 0. The summed E-state index contributed by atoms with van der Waals surface area (Å²) in [6.45, 7) is 7.98. The van der Waals surface area contributed by atoms with Crippen molar-refractivity contribution in [1.82, 2.24) is 0 Å². The lowest BCUT2D eigenvalue weighted by Gasteiger charge is -2.06. The second-order valence-corrected chi connectivity index (χ2v) is 3.53. The predicted molar refractivity (Wildman–Crippen MR) is 89.0 cm³/mol. The highest BCUT2D eigenvalue weighted by atomic mass is 35.5. The zero-order valence-corrected chi connectivity index (χ0v) is 14.7. The quantitative estimate of drug-likeness (QED) is 0.482. The topological polar surface area (TPSA) is 62.9 Å². The molecule has 8 heteroatoms. The first-order chi connectivity index (χ1) is 8.41. The van der Waals surface area contributed by atoms with E-state index in [-0.39, 0.29) is 37.2 Å². The zero-order valence-electron chi connectivity index (χ0n) is 12.2. The third kappa shape index (κ3) is 27.1. The van der Waals surface area contributed by atoms with Gasteiger partial charge in [0, 0.05) is 13.2 Å². The van der Waals surface area contributed by atoms with E-state index in [1.165, 1.54) is 0 Å². The number of rotatable bonds is 14. The summed E-state index contributed by atoms with van der Waals surface area (Å²) >= 11 is 0. The lowest BCUT2D eigenvalue weighted by atomic mass is 10.3. The molecule has 0 aromatic carbocycles. The molecule has 0 spiro atoms. The van der Waals surface area contributed by atoms with E-state index in [9.17, 15) is 0 Å². The molecule has 0 heterocycles. The van der Waals surface area contributed by atoms with Crippen LogP contribution in [0.5, 0.6) is 0 Å². The van der Waals surface area contributed by atoms with Crippen LogP contribution >= 0.6 is 37.2 Å². The fraction of sp³-hybridized carbons (Fsp3) is 1.00. The molecule has 0 saturated heterocycles. The van der Waals surface area contributed by atoms with E-state index in [0.717, 1.165) is 32.6 Å². The maximum atomic E-state index is 5.36. The van der Waals surface area contributed by atoms with Gasteiger partial charge in [0.15, 0.2) is 0 Å². The molecule has 0 fully saturated rings. The molecule has 0 aromatic rings. The van der Waals surface area contributed by atoms with E-state index in [4.69, 9.17) is 24.7 Å². The summed E-state index contributed by atoms with van der Waals surface area (Å²) in [7, 11) is 0. The van der Waals surface area contributed by atoms with E-state index >= 15 is 0 Å². The highest BCUT2D eigenvalue weighted by Crippen LogP contribution is 1.88. The number of hydrogen-bond donors (Lipinski definition) is 1. The maximum Gasteiger partial charge on any atom is 0.0701 e. The molecular formula is C12H30Cl3NO4. The number of halogens is 3. The van der Waals surface area contributed by atoms with E-state index in [2.05, 4.69) is 0 Å². The van der Waals surface area contributed by atoms with Gasteiger partial charge in [-0.25, -0.2) is 0 Å². The van der Waals surface area contributed by atoms with Crippen molar-refractivity contribution in [1.29, 1.82) is 0 Å². The van der Waals surface area contributed by atoms with Crippen LogP contribution in [0.1, 0.15) is 19.8 Å². The standard InChI is InChI=1S/C12H27NO4.3ClH/c1-2-14-7-8-16-11-12-17-10-9-15-6-4-3-5-13;;;/h2-13H2,1H3;3*1H. The summed E-state index contributed by atoms with van der Waals surface area (Å²) in [5, 5.41) is 0. The van der Waals surface area contributed by atoms with E-state index in [1.54, 1.807) is 0 Å². The normalized spacial score (nSPS) is 9.30. The van der Waals surface area contributed by atoms with Crippen molar-refractivity contribution in [2.24, 2.45) is 5.73 Å². The van der Waals surface area contributed by atoms with Gasteiger partial charge in [-0.05, 0) is 26.3 Å². The molecule has 20 heavy (non-hydrogen) atoms. The van der Waals surface area contributed by atoms with Gasteiger partial charge in [-0.3, -0.25) is 0 Å². The predicted octanol–water partition coefficient (Wildman–Crippen LogP) is 2.08. The molecule has 0 unspecified atom stereocenters. The fourth-order valence-corrected chi connectivity index (χ4v) is 1.15. The van der Waals surface area contributed by atoms with Crippen molar-refractivity contribution in [2.45, 2.75) is 19.8 Å². The Morgan fingerprint density at radius 3 is 1.40 bits per heavy atom. The molecule has 0 atom stereocenters. The van der Waals surface area contributed by atoms with E-state index < -0.39 is 0 Å². The van der Waals surface area contributed by atoms with Crippen molar-refractivity contribution in [3.63, 3.8) is 0 Å². The Labute approximate surface area is 141 Å². The summed E-state index contributed by atoms with van der Waals surface area (Å²) in [6.07, 6.45) is 2.05. The van der Waals surface area contributed by atoms with Crippen LogP contribution in [0.2, 0.25) is 0 Å². The summed E-state index contributed by atoms with van der Waals surface area (Å²) in [6, 6.07) is 0. The van der Waals surface area contributed by atoms with Crippen molar-refractivity contribution in [3.05, 3.63) is 0 Å². The molecule has 2 N–H and O–H groups in total. The molecular weight excluding hydrogens is 328 g/mol. The van der Waals surface area contributed by atoms with E-state index in [0.29, 0.717) is 39.6 Å². The Kier molecular flexibility index (Phi) is 40.2. The van der Waals surface area contributed by atoms with Crippen LogP contribution < -0.4 is 5.73 Å². The molecule has 0 aromatic heterocycles. The van der Waals surface area contributed by atoms with Gasteiger partial charge in [0.25, 0.3) is 0 Å². The lowest BCUT2D eigenvalue weighted by Crippen LogP contribution is -2.12. The summed E-state index contributed by atoms with van der Waals surface area (Å²) in [5.41, 5.74) is 5.36. The van der Waals surface area contributed by atoms with Crippen LogP contribution in [0.15, 0.2) is 0 Å². The van der Waals surface area contributed by atoms with Crippen LogP contribution in [0.25, 0.3) is 0 Å². The second kappa shape index (κ2) is 27.9. The first kappa shape index (κ1) is 28.8. The summed E-state index contributed by atoms with van der Waals surface area (Å²) in [4.78, 5) is 0. The van der Waals surface area contributed by atoms with Crippen LogP contribution in [-0.4, -0.2) is 59.4 Å². The molecule has 0 radical (unpaired) electrons. The molecule has 0 saturated carbocycles. The molecule has 128 valence electrons. The Balaban J connectivity index is -0.000000427. The van der Waals surface area contributed by atoms with Crippen molar-refractivity contribution < 1.29 is 18.9 Å². The van der Waals surface area contributed by atoms with Crippen LogP contribution in [0.4, 0.5) is 0 Å². The van der Waals surface area contributed by atoms with Gasteiger partial charge >= 0.3 is 0 Å². The van der Waals surface area contributed by atoms with Crippen LogP contribution in [0.3, 0.4) is 0 Å². The van der Waals surface area contributed by atoms with Crippen molar-refractivity contribution >= 4 is 37.2 Å². The Morgan fingerprint density at radius 2 is 1.00 bits per heavy atom. The number of nitrogens with two attached hydrogens (primary N) is 1. The van der Waals surface area contributed by atoms with Gasteiger partial charge in [0.1, 0.15) is 0 Å². The second-order valence-electron chi connectivity index (χ2n) is 3.53. The van der Waals surface area contributed by atoms with E-state index in [1.807, 2.05) is 6.92 Å². The van der Waals surface area contributed by atoms with Gasteiger partial charge in [-0.1, -0.05) is 0 Å². The van der Waals surface area contributed by atoms with Crippen molar-refractivity contribution in [2.75, 3.05) is 59.4 Å². The molecule has 0 aliphatic rings. The third-order valence-corrected chi connectivity index (χ3v) is 2.06. The highest BCUT2D eigenvalue weighted by Gasteiger charge is 1.92. The lowest BCUT2D eigenvalue weighted by molar-refractivity contribution is -0.000763. The van der Waals surface area contributed by atoms with Gasteiger partial charge < -0.3 is 24.7 Å². The number of hydrogen-bond acceptors (Lipinski definition) is 5. The minimum Gasteiger partial charge on any atom is -0.379 e. The number of unbranched alkanes of at least 4 members (excludes halogenated alkanes) is 1. The smallest absolute Gasteiger partial charge is 0.0701 e. The maximum absolute atomic E-state index is 5.36. The van der Waals surface area contributed by atoms with Gasteiger partial charge in [-0.15, -0.1) is 37.2 Å². The average molecular weight is 359 g/mol. The molecule has 5 nitrogen and oxygen atoms in total. The Hall–Kier alpha value is 0.670. The van der Waals surface area contributed by atoms with Gasteiger partial charge in [0.2, 0.25) is 0 Å². The SMILES string of the molecule is CCOCCOCCOCCOCCCCN.Cl.Cl.Cl. The largest absolute Gasteiger partial charge is 0.379 e. The third-order valence-electron chi connectivity index (χ3n) is 2.06. The van der Waals surface area contributed by atoms with Gasteiger partial charge in [-0.2, -0.15) is 0 Å². The van der Waals surface area contributed by atoms with Crippen LogP contribution in [-0.2, 0) is 18.9 Å². The van der Waals surface area contributed by atoms with Crippen LogP contribution in [0, 0.1) is 0 Å². The first-order valence-corrected chi connectivity index (χ1v) is 6.42. The fourth-order valence-electron chi connectivity index (χ4n) is 1.15. The monoisotopic (exact) mass is 357 g/mol. The highest BCUT2D eigenvalue weighted by molar-refractivity contribution is 5.86. The average Bonchev–Trinajstić information content (AvgIpc) is 2.35. The molecule has 0 aliphatic heterocycles. The molecule has 0 aliphatic carbocycles. The molecule has 0 amide bonds. The Morgan fingerprint density at radius 1 is 0.600 bits per heavy atom. The molecule has 0 rings (SSSR count). The zero-order chi connectivity index (χ0) is 12.6. The van der Waals surface area contributed by atoms with Crippen molar-refractivity contribution in [3.8, 4) is 0 Å². The Bertz CT molecular complexity index is 134. The number of ether oxygens (including phenoxy) is 4.